The molecular formula is C37H32BBr3N2O6. The molecule has 250 valence electrons. The molecule has 0 radical (unpaired) electrons. The zero-order valence-electron chi connectivity index (χ0n) is 26.7. The molecule has 0 fully saturated rings. The quantitative estimate of drug-likeness (QED) is 0.0829. The van der Waals surface area contributed by atoms with E-state index in [-0.39, 0.29) is 20.9 Å². The van der Waals surface area contributed by atoms with Crippen molar-refractivity contribution >= 4 is 107 Å². The number of ether oxygens (including phenoxy) is 3. The van der Waals surface area contributed by atoms with Crippen LogP contribution in [0.4, 0.5) is 22.7 Å². The van der Waals surface area contributed by atoms with E-state index in [1.807, 2.05) is 84.9 Å². The van der Waals surface area contributed by atoms with E-state index < -0.39 is 0 Å². The number of benzene rings is 6. The highest BCUT2D eigenvalue weighted by Crippen LogP contribution is 2.30. The molecule has 49 heavy (non-hydrogen) atoms. The molecule has 0 atom stereocenters. The zero-order chi connectivity index (χ0) is 35.3. The third-order valence-electron chi connectivity index (χ3n) is 7.12. The van der Waals surface area contributed by atoms with E-state index in [2.05, 4.69) is 57.9 Å². The number of phenols is 1. The summed E-state index contributed by atoms with van der Waals surface area (Å²) >= 11 is 9.31. The van der Waals surface area contributed by atoms with Crippen LogP contribution in [0.3, 0.4) is 0 Å². The van der Waals surface area contributed by atoms with Crippen LogP contribution >= 0.6 is 47.3 Å². The molecular weight excluding hydrogens is 819 g/mol. The van der Waals surface area contributed by atoms with Crippen LogP contribution in [0.15, 0.2) is 121 Å². The zero-order valence-corrected chi connectivity index (χ0v) is 31.5. The van der Waals surface area contributed by atoms with Crippen LogP contribution in [0.2, 0.25) is 0 Å². The molecule has 0 aliphatic carbocycles. The summed E-state index contributed by atoms with van der Waals surface area (Å²) in [6.07, 6.45) is 0. The molecule has 0 heterocycles. The lowest BCUT2D eigenvalue weighted by Gasteiger charge is -2.11. The van der Waals surface area contributed by atoms with Crippen molar-refractivity contribution in [1.29, 1.82) is 0 Å². The Hall–Kier alpha value is -4.52. The van der Waals surface area contributed by atoms with Gasteiger partial charge in [0, 0.05) is 33.5 Å². The van der Waals surface area contributed by atoms with Crippen molar-refractivity contribution in [1.82, 2.24) is 0 Å². The van der Waals surface area contributed by atoms with E-state index in [0.29, 0.717) is 11.1 Å². The molecule has 0 bridgehead atoms. The molecule has 6 aromatic carbocycles. The Bertz CT molecular complexity index is 2020. The molecule has 0 aromatic heterocycles. The summed E-state index contributed by atoms with van der Waals surface area (Å²) in [7, 11) is 4.39. The second-order valence-corrected chi connectivity index (χ2v) is 16.7. The Morgan fingerprint density at radius 3 is 1.39 bits per heavy atom. The molecule has 6 aromatic rings. The van der Waals surface area contributed by atoms with E-state index >= 15 is 0 Å². The lowest BCUT2D eigenvalue weighted by Crippen LogP contribution is -2.01. The van der Waals surface area contributed by atoms with Crippen molar-refractivity contribution in [3.8, 4) is 11.5 Å². The van der Waals surface area contributed by atoms with Crippen LogP contribution in [-0.4, -0.2) is 41.6 Å². The monoisotopic (exact) mass is 848 g/mol. The lowest BCUT2D eigenvalue weighted by atomic mass is 10.0. The minimum Gasteiger partial charge on any atom is -0.508 e. The number of carbonyl (C=O) groups is 2. The summed E-state index contributed by atoms with van der Waals surface area (Å²) < 4.78 is 15.0. The van der Waals surface area contributed by atoms with E-state index in [9.17, 15) is 14.7 Å². The maximum Gasteiger partial charge on any atom is 0.369 e. The Morgan fingerprint density at radius 1 is 0.592 bits per heavy atom. The smallest absolute Gasteiger partial charge is 0.369 e. The Labute approximate surface area is 309 Å². The average Bonchev–Trinajstić information content (AvgIpc) is 3.12. The molecule has 6 rings (SSSR count). The van der Waals surface area contributed by atoms with Crippen LogP contribution < -0.4 is 15.4 Å². The van der Waals surface area contributed by atoms with Crippen molar-refractivity contribution in [2.45, 2.75) is 0 Å². The number of aromatic hydroxyl groups is 1. The number of rotatable bonds is 7. The van der Waals surface area contributed by atoms with Crippen LogP contribution in [0.25, 0.3) is 21.5 Å². The topological polar surface area (TPSA) is 106 Å². The maximum absolute atomic E-state index is 11.7. The minimum absolute atomic E-state index is 0.219. The van der Waals surface area contributed by atoms with Gasteiger partial charge in [0.15, 0.2) is 0 Å². The first kappa shape index (κ1) is 37.3. The molecule has 0 aliphatic heterocycles. The van der Waals surface area contributed by atoms with Crippen LogP contribution in [0.1, 0.15) is 20.7 Å². The fourth-order valence-corrected chi connectivity index (χ4v) is 4.78. The van der Waals surface area contributed by atoms with Gasteiger partial charge in [-0.05, 0) is 95.7 Å². The van der Waals surface area contributed by atoms with Gasteiger partial charge in [0.2, 0.25) is 0 Å². The van der Waals surface area contributed by atoms with Gasteiger partial charge in [-0.25, -0.2) is 9.59 Å². The molecule has 0 amide bonds. The molecule has 0 saturated heterocycles. The minimum atomic E-state index is -0.360. The van der Waals surface area contributed by atoms with Gasteiger partial charge in [0.25, 0.3) is 0 Å². The van der Waals surface area contributed by atoms with Crippen LogP contribution in [0.5, 0.6) is 11.5 Å². The average molecular weight is 851 g/mol. The number of carbonyl (C=O) groups excluding carboxylic acids is 2. The van der Waals surface area contributed by atoms with Crippen LogP contribution in [-0.2, 0) is 9.47 Å². The largest absolute Gasteiger partial charge is 0.508 e. The highest BCUT2D eigenvalue weighted by atomic mass is 79.9. The molecule has 12 heteroatoms. The number of methoxy groups -OCH3 is 3. The number of fused-ring (bicyclic) bond motifs is 2. The summed E-state index contributed by atoms with van der Waals surface area (Å²) in [6.45, 7) is 0. The highest BCUT2D eigenvalue weighted by Gasteiger charge is 2.10. The van der Waals surface area contributed by atoms with E-state index in [1.54, 1.807) is 43.5 Å². The Kier molecular flexibility index (Phi) is 13.9. The number of phenolic OH excluding ortho intramolecular Hbond substituents is 1. The predicted molar refractivity (Wildman–Crippen MR) is 211 cm³/mol. The first-order chi connectivity index (χ1) is 23.6. The van der Waals surface area contributed by atoms with Crippen LogP contribution in [0, 0.1) is 0 Å². The fraction of sp³-hybridized carbons (Fsp3) is 0.0811. The Morgan fingerprint density at radius 2 is 1.00 bits per heavy atom. The van der Waals surface area contributed by atoms with Gasteiger partial charge in [-0.1, -0.05) is 36.4 Å². The fourth-order valence-electron chi connectivity index (χ4n) is 4.78. The molecule has 0 aliphatic rings. The number of halogens is 3. The SMILES string of the molecule is BrB(Br)Br.COC(=O)c1ccc2cccc(Nc3ccc(O)cc3)c2c1.COC(=O)c1ccc2cccc(Nc3ccc(OC)cc3)c2c1. The van der Waals surface area contributed by atoms with Gasteiger partial charge in [0.1, 0.15) is 11.5 Å². The molecule has 0 unspecified atom stereocenters. The third kappa shape index (κ3) is 10.7. The molecule has 3 N–H and O–H groups in total. The van der Waals surface area contributed by atoms with Crippen molar-refractivity contribution in [2.24, 2.45) is 0 Å². The number of esters is 2. The van der Waals surface area contributed by atoms with E-state index in [4.69, 9.17) is 14.2 Å². The maximum atomic E-state index is 11.7. The second-order valence-electron chi connectivity index (χ2n) is 10.2. The predicted octanol–water partition coefficient (Wildman–Crippen LogP) is 10.6. The number of nitrogens with one attached hydrogen (secondary N) is 2. The summed E-state index contributed by atoms with van der Waals surface area (Å²) in [5, 5.41) is 20.0. The van der Waals surface area contributed by atoms with Gasteiger partial charge in [-0.2, -0.15) is 0 Å². The van der Waals surface area contributed by atoms with Gasteiger partial charge >= 0.3 is 15.1 Å². The summed E-state index contributed by atoms with van der Waals surface area (Å²) in [5.74, 6) is 0.324. The summed E-state index contributed by atoms with van der Waals surface area (Å²) in [4.78, 5) is 23.4. The van der Waals surface area contributed by atoms with Gasteiger partial charge in [0.05, 0.1) is 32.5 Å². The third-order valence-corrected chi connectivity index (χ3v) is 7.12. The molecule has 0 saturated carbocycles. The van der Waals surface area contributed by atoms with Crippen molar-refractivity contribution < 1.29 is 28.9 Å². The highest BCUT2D eigenvalue weighted by molar-refractivity contribution is 9.69. The van der Waals surface area contributed by atoms with E-state index in [1.165, 1.54) is 14.2 Å². The van der Waals surface area contributed by atoms with Crippen molar-refractivity contribution in [2.75, 3.05) is 32.0 Å². The van der Waals surface area contributed by atoms with Gasteiger partial charge < -0.3 is 30.0 Å². The summed E-state index contributed by atoms with van der Waals surface area (Å²) in [6, 6.07) is 37.3. The number of hydrogen-bond donors (Lipinski definition) is 3. The lowest BCUT2D eigenvalue weighted by molar-refractivity contribution is 0.0592. The van der Waals surface area contributed by atoms with Gasteiger partial charge in [-0.3, -0.25) is 0 Å². The normalized spacial score (nSPS) is 10.1. The standard InChI is InChI=1S/C19H17NO3.C18H15NO3.BBr3/c1-22-16-10-8-15(9-11-16)20-18-5-3-4-13-6-7-14(12-17(13)18)19(21)23-2;1-22-18(21)13-6-5-12-3-2-4-17(16(12)11-13)19-14-7-9-15(20)10-8-14;2-1(3)4/h3-12,20H,1-2H3;2-11,19-20H,1H3;. The number of anilines is 4. The van der Waals surface area contributed by atoms with Crippen molar-refractivity contribution in [3.63, 3.8) is 0 Å². The Balaban J connectivity index is 0.000000199. The summed E-state index contributed by atoms with van der Waals surface area (Å²) in [5.41, 5.74) is 4.65. The van der Waals surface area contributed by atoms with E-state index in [0.717, 1.165) is 50.0 Å². The molecule has 0 spiro atoms. The number of hydrogen-bond acceptors (Lipinski definition) is 8. The van der Waals surface area contributed by atoms with Gasteiger partial charge in [-0.15, -0.1) is 47.3 Å². The second kappa shape index (κ2) is 18.3. The molecule has 8 nitrogen and oxygen atoms in total. The van der Waals surface area contributed by atoms with Crippen molar-refractivity contribution in [3.05, 3.63) is 132 Å². The first-order valence-electron chi connectivity index (χ1n) is 14.7. The first-order valence-corrected chi connectivity index (χ1v) is 17.5.